The first-order chi connectivity index (χ1) is 10.2. The van der Waals surface area contributed by atoms with E-state index in [-0.39, 0.29) is 19.2 Å². The summed E-state index contributed by atoms with van der Waals surface area (Å²) in [5, 5.41) is 8.19. The van der Waals surface area contributed by atoms with E-state index < -0.39 is 11.9 Å². The molecule has 0 aliphatic heterocycles. The lowest BCUT2D eigenvalue weighted by atomic mass is 10.4. The predicted octanol–water partition coefficient (Wildman–Crippen LogP) is 1.18. The third-order valence-corrected chi connectivity index (χ3v) is 1.57. The van der Waals surface area contributed by atoms with Crippen molar-refractivity contribution in [1.29, 1.82) is 0 Å². The van der Waals surface area contributed by atoms with E-state index in [1.807, 2.05) is 0 Å². The van der Waals surface area contributed by atoms with Gasteiger partial charge in [0.05, 0.1) is 20.8 Å². The summed E-state index contributed by atoms with van der Waals surface area (Å²) in [5.41, 5.74) is 0.783. The molecule has 0 rings (SSSR count). The van der Waals surface area contributed by atoms with E-state index in [0.29, 0.717) is 11.1 Å². The second-order valence-corrected chi connectivity index (χ2v) is 3.64. The molecule has 0 aliphatic carbocycles. The number of aliphatic hydroxyl groups excluding tert-OH is 1. The summed E-state index contributed by atoms with van der Waals surface area (Å²) in [6.45, 7) is 12.9. The zero-order valence-electron chi connectivity index (χ0n) is 13.5. The van der Waals surface area contributed by atoms with Gasteiger partial charge < -0.3 is 19.3 Å². The first-order valence-electron chi connectivity index (χ1n) is 6.05. The Bertz CT molecular complexity index is 397. The maximum Gasteiger partial charge on any atom is 0.333 e. The van der Waals surface area contributed by atoms with Gasteiger partial charge in [0.1, 0.15) is 6.61 Å². The minimum absolute atomic E-state index is 0.0473. The lowest BCUT2D eigenvalue weighted by Crippen LogP contribution is -2.08. The number of rotatable bonds is 5. The summed E-state index contributed by atoms with van der Waals surface area (Å²) < 4.78 is 12.9. The van der Waals surface area contributed by atoms with Gasteiger partial charge in [-0.15, -0.1) is 0 Å². The van der Waals surface area contributed by atoms with Crippen LogP contribution in [0.4, 0.5) is 0 Å². The Labute approximate surface area is 130 Å². The van der Waals surface area contributed by atoms with Crippen LogP contribution in [0.3, 0.4) is 0 Å². The second-order valence-electron chi connectivity index (χ2n) is 3.64. The van der Waals surface area contributed by atoms with Crippen molar-refractivity contribution in [2.24, 2.45) is 0 Å². The van der Waals surface area contributed by atoms with Crippen molar-refractivity contribution in [3.63, 3.8) is 0 Å². The second kappa shape index (κ2) is 16.6. The number of esters is 3. The van der Waals surface area contributed by atoms with Gasteiger partial charge in [0.2, 0.25) is 0 Å². The van der Waals surface area contributed by atoms with Gasteiger partial charge in [-0.3, -0.25) is 0 Å². The monoisotopic (exact) mass is 316 g/mol. The normalized spacial score (nSPS) is 7.86. The van der Waals surface area contributed by atoms with Gasteiger partial charge in [-0.25, -0.2) is 14.4 Å². The van der Waals surface area contributed by atoms with Crippen LogP contribution in [0.1, 0.15) is 13.8 Å². The summed E-state index contributed by atoms with van der Waals surface area (Å²) in [6.07, 6.45) is 1.11. The Kier molecular flexibility index (Phi) is 18.6. The minimum Gasteiger partial charge on any atom is -0.466 e. The Balaban J connectivity index is -0.000000252. The molecule has 0 radical (unpaired) electrons. The lowest BCUT2D eigenvalue weighted by Gasteiger charge is -1.99. The van der Waals surface area contributed by atoms with Gasteiger partial charge in [0.25, 0.3) is 0 Å². The molecule has 7 nitrogen and oxygen atoms in total. The van der Waals surface area contributed by atoms with Crippen molar-refractivity contribution in [3.05, 3.63) is 37.0 Å². The number of carbonyl (C=O) groups is 3. The Hall–Kier alpha value is -2.41. The van der Waals surface area contributed by atoms with E-state index in [1.165, 1.54) is 14.2 Å². The van der Waals surface area contributed by atoms with E-state index >= 15 is 0 Å². The van der Waals surface area contributed by atoms with Gasteiger partial charge in [-0.05, 0) is 13.8 Å². The number of hydrogen-bond donors (Lipinski definition) is 1. The molecule has 0 saturated carbocycles. The smallest absolute Gasteiger partial charge is 0.333 e. The fourth-order valence-electron chi connectivity index (χ4n) is 0.519. The molecular weight excluding hydrogens is 292 g/mol. The molecule has 1 N–H and O–H groups in total. The molecule has 0 aromatic carbocycles. The standard InChI is InChI=1S/C6H10O3.C5H8O2.C4H6O2/c1-5(2)6(8)9-4-3-7;1-4(2)5(6)7-3;1-3-4(5)6-2/h7H,1,3-4H2,2H3;1H2,2-3H3;3H,1H2,2H3. The van der Waals surface area contributed by atoms with Crippen molar-refractivity contribution < 1.29 is 33.7 Å². The van der Waals surface area contributed by atoms with Crippen LogP contribution in [0.2, 0.25) is 0 Å². The highest BCUT2D eigenvalue weighted by molar-refractivity contribution is 5.87. The SMILES string of the molecule is C=C(C)C(=O)OC.C=C(C)C(=O)OCCO.C=CC(=O)OC. The summed E-state index contributed by atoms with van der Waals surface area (Å²) in [4.78, 5) is 30.5. The van der Waals surface area contributed by atoms with Crippen molar-refractivity contribution >= 4 is 17.9 Å². The van der Waals surface area contributed by atoms with Crippen molar-refractivity contribution in [1.82, 2.24) is 0 Å². The molecule has 22 heavy (non-hydrogen) atoms. The van der Waals surface area contributed by atoms with Gasteiger partial charge in [-0.1, -0.05) is 19.7 Å². The number of ether oxygens (including phenoxy) is 3. The fraction of sp³-hybridized carbons (Fsp3) is 0.400. The molecule has 126 valence electrons. The predicted molar refractivity (Wildman–Crippen MR) is 81.9 cm³/mol. The van der Waals surface area contributed by atoms with Gasteiger partial charge in [0.15, 0.2) is 0 Å². The molecule has 0 atom stereocenters. The highest BCUT2D eigenvalue weighted by Crippen LogP contribution is 1.90. The molecule has 0 aromatic heterocycles. The van der Waals surface area contributed by atoms with Gasteiger partial charge in [0, 0.05) is 17.2 Å². The van der Waals surface area contributed by atoms with Crippen LogP contribution in [0.25, 0.3) is 0 Å². The molecule has 0 heterocycles. The van der Waals surface area contributed by atoms with Crippen LogP contribution in [-0.4, -0.2) is 50.4 Å². The van der Waals surface area contributed by atoms with E-state index in [1.54, 1.807) is 13.8 Å². The number of methoxy groups -OCH3 is 2. The molecule has 0 aliphatic rings. The molecule has 0 bridgehead atoms. The van der Waals surface area contributed by atoms with Gasteiger partial charge >= 0.3 is 17.9 Å². The maximum absolute atomic E-state index is 10.5. The lowest BCUT2D eigenvalue weighted by molar-refractivity contribution is -0.140. The molecular formula is C15H24O7. The third kappa shape index (κ3) is 19.9. The molecule has 7 heteroatoms. The maximum atomic E-state index is 10.5. The first kappa shape index (κ1) is 24.6. The summed E-state index contributed by atoms with van der Waals surface area (Å²) >= 11 is 0. The molecule has 0 amide bonds. The van der Waals surface area contributed by atoms with Crippen LogP contribution >= 0.6 is 0 Å². The fourth-order valence-corrected chi connectivity index (χ4v) is 0.519. The topological polar surface area (TPSA) is 99.1 Å². The molecule has 0 unspecified atom stereocenters. The summed E-state index contributed by atoms with van der Waals surface area (Å²) in [5.74, 6) is -1.20. The molecule has 0 spiro atoms. The largest absolute Gasteiger partial charge is 0.466 e. The summed E-state index contributed by atoms with van der Waals surface area (Å²) in [7, 11) is 2.64. The van der Waals surface area contributed by atoms with Crippen LogP contribution in [-0.2, 0) is 28.6 Å². The van der Waals surface area contributed by atoms with Crippen LogP contribution in [0.15, 0.2) is 37.0 Å². The zero-order chi connectivity index (χ0) is 18.1. The van der Waals surface area contributed by atoms with E-state index in [9.17, 15) is 14.4 Å². The average Bonchev–Trinajstić information content (AvgIpc) is 2.51. The number of aliphatic hydroxyl groups is 1. The zero-order valence-corrected chi connectivity index (χ0v) is 13.5. The average molecular weight is 316 g/mol. The third-order valence-electron chi connectivity index (χ3n) is 1.57. The van der Waals surface area contributed by atoms with E-state index in [4.69, 9.17) is 5.11 Å². The van der Waals surface area contributed by atoms with Crippen molar-refractivity contribution in [2.45, 2.75) is 13.8 Å². The minimum atomic E-state index is -0.455. The number of carbonyl (C=O) groups excluding carboxylic acids is 3. The van der Waals surface area contributed by atoms with Gasteiger partial charge in [-0.2, -0.15) is 0 Å². The summed E-state index contributed by atoms with van der Waals surface area (Å²) in [6, 6.07) is 0. The van der Waals surface area contributed by atoms with Crippen LogP contribution in [0.5, 0.6) is 0 Å². The van der Waals surface area contributed by atoms with Crippen LogP contribution < -0.4 is 0 Å². The molecule has 0 aromatic rings. The first-order valence-corrected chi connectivity index (χ1v) is 6.05. The van der Waals surface area contributed by atoms with Crippen molar-refractivity contribution in [2.75, 3.05) is 27.4 Å². The number of hydrogen-bond acceptors (Lipinski definition) is 7. The molecule has 0 fully saturated rings. The van der Waals surface area contributed by atoms with E-state index in [0.717, 1.165) is 6.08 Å². The highest BCUT2D eigenvalue weighted by atomic mass is 16.5. The quantitative estimate of drug-likeness (QED) is 0.462. The Morgan fingerprint density at radius 2 is 1.45 bits per heavy atom. The Morgan fingerprint density at radius 3 is 1.59 bits per heavy atom. The highest BCUT2D eigenvalue weighted by Gasteiger charge is 1.99. The van der Waals surface area contributed by atoms with Crippen molar-refractivity contribution in [3.8, 4) is 0 Å². The molecule has 0 saturated heterocycles. The van der Waals surface area contributed by atoms with E-state index in [2.05, 4.69) is 33.9 Å². The Morgan fingerprint density at radius 1 is 1.00 bits per heavy atom. The van der Waals surface area contributed by atoms with Crippen LogP contribution in [0, 0.1) is 0 Å².